The van der Waals surface area contributed by atoms with Gasteiger partial charge in [0.25, 0.3) is 0 Å². The van der Waals surface area contributed by atoms with Crippen molar-refractivity contribution in [3.63, 3.8) is 0 Å². The van der Waals surface area contributed by atoms with E-state index in [1.54, 1.807) is 28.8 Å². The summed E-state index contributed by atoms with van der Waals surface area (Å²) in [6.45, 7) is 2.52. The Balaban J connectivity index is 1.35. The Morgan fingerprint density at radius 3 is 2.48 bits per heavy atom. The fourth-order valence-electron chi connectivity index (χ4n) is 3.93. The zero-order chi connectivity index (χ0) is 23.0. The highest BCUT2D eigenvalue weighted by molar-refractivity contribution is 7.90. The predicted octanol–water partition coefficient (Wildman–Crippen LogP) is 3.50. The highest BCUT2D eigenvalue weighted by atomic mass is 32.2. The number of anilines is 2. The molecule has 0 radical (unpaired) electrons. The van der Waals surface area contributed by atoms with Crippen molar-refractivity contribution in [3.05, 3.63) is 72.4 Å². The summed E-state index contributed by atoms with van der Waals surface area (Å²) < 4.78 is 25.0. The van der Waals surface area contributed by atoms with E-state index in [9.17, 15) is 8.42 Å². The molecule has 0 saturated carbocycles. The minimum atomic E-state index is -3.24. The molecular weight excluding hydrogens is 436 g/mol. The molecule has 4 aromatic rings. The molecule has 0 atom stereocenters. The predicted molar refractivity (Wildman–Crippen MR) is 126 cm³/mol. The standard InChI is InChI=1S/C24H22N6O2S/c1-33(31,32)21-10-8-20(9-11-21)26-24-27-23-22(3-2-12-30(23)28-24)19-6-4-17(5-7-19)14-29-15-18(13-25)16-29/h2-12,18H,14-16H2,1H3,(H,26,28). The number of nitrogens with one attached hydrogen (secondary N) is 1. The summed E-state index contributed by atoms with van der Waals surface area (Å²) in [5.41, 5.74) is 4.64. The fourth-order valence-corrected chi connectivity index (χ4v) is 4.56. The van der Waals surface area contributed by atoms with Gasteiger partial charge in [-0.1, -0.05) is 24.3 Å². The van der Waals surface area contributed by atoms with Crippen LogP contribution in [-0.4, -0.2) is 47.3 Å². The van der Waals surface area contributed by atoms with Crippen molar-refractivity contribution >= 4 is 27.1 Å². The largest absolute Gasteiger partial charge is 0.323 e. The van der Waals surface area contributed by atoms with E-state index in [4.69, 9.17) is 5.26 Å². The third kappa shape index (κ3) is 4.44. The van der Waals surface area contributed by atoms with Crippen LogP contribution in [0.15, 0.2) is 71.8 Å². The van der Waals surface area contributed by atoms with Crippen LogP contribution in [0.1, 0.15) is 5.56 Å². The van der Waals surface area contributed by atoms with Gasteiger partial charge in [-0.3, -0.25) is 4.90 Å². The Labute approximate surface area is 192 Å². The average Bonchev–Trinajstić information content (AvgIpc) is 3.18. The van der Waals surface area contributed by atoms with Gasteiger partial charge in [-0.05, 0) is 47.5 Å². The molecular formula is C24H22N6O2S. The van der Waals surface area contributed by atoms with Crippen LogP contribution in [0.4, 0.5) is 11.6 Å². The van der Waals surface area contributed by atoms with Gasteiger partial charge < -0.3 is 5.32 Å². The van der Waals surface area contributed by atoms with E-state index >= 15 is 0 Å². The van der Waals surface area contributed by atoms with Crippen molar-refractivity contribution in [2.45, 2.75) is 11.4 Å². The van der Waals surface area contributed by atoms with Crippen LogP contribution in [0.3, 0.4) is 0 Å². The zero-order valence-corrected chi connectivity index (χ0v) is 18.8. The lowest BCUT2D eigenvalue weighted by Crippen LogP contribution is -2.45. The van der Waals surface area contributed by atoms with Crippen molar-refractivity contribution in [2.75, 3.05) is 24.7 Å². The third-order valence-electron chi connectivity index (χ3n) is 5.71. The van der Waals surface area contributed by atoms with E-state index in [-0.39, 0.29) is 10.8 Å². The molecule has 166 valence electrons. The molecule has 1 aliphatic rings. The first-order valence-corrected chi connectivity index (χ1v) is 12.4. The maximum absolute atomic E-state index is 11.6. The molecule has 1 N–H and O–H groups in total. The molecule has 33 heavy (non-hydrogen) atoms. The normalized spacial score (nSPS) is 14.7. The number of hydrogen-bond donors (Lipinski definition) is 1. The zero-order valence-electron chi connectivity index (χ0n) is 18.0. The molecule has 5 rings (SSSR count). The van der Waals surface area contributed by atoms with Gasteiger partial charge in [0.15, 0.2) is 15.5 Å². The number of benzene rings is 2. The first kappa shape index (κ1) is 21.1. The summed E-state index contributed by atoms with van der Waals surface area (Å²) in [4.78, 5) is 7.18. The smallest absolute Gasteiger partial charge is 0.247 e. The summed E-state index contributed by atoms with van der Waals surface area (Å²) in [5, 5.41) is 16.6. The summed E-state index contributed by atoms with van der Waals surface area (Å²) in [5.74, 6) is 0.589. The van der Waals surface area contributed by atoms with Gasteiger partial charge in [-0.15, -0.1) is 5.10 Å². The van der Waals surface area contributed by atoms with Gasteiger partial charge in [-0.2, -0.15) is 10.2 Å². The molecule has 2 aromatic heterocycles. The Hall–Kier alpha value is -3.74. The third-order valence-corrected chi connectivity index (χ3v) is 6.84. The number of likely N-dealkylation sites (tertiary alicyclic amines) is 1. The lowest BCUT2D eigenvalue weighted by molar-refractivity contribution is 0.127. The minimum absolute atomic E-state index is 0.162. The highest BCUT2D eigenvalue weighted by Crippen LogP contribution is 2.26. The second-order valence-electron chi connectivity index (χ2n) is 8.26. The van der Waals surface area contributed by atoms with Crippen LogP contribution in [-0.2, 0) is 16.4 Å². The molecule has 3 heterocycles. The van der Waals surface area contributed by atoms with Gasteiger partial charge in [0.05, 0.1) is 16.9 Å². The van der Waals surface area contributed by atoms with Crippen LogP contribution in [0.5, 0.6) is 0 Å². The van der Waals surface area contributed by atoms with Crippen molar-refractivity contribution in [3.8, 4) is 17.2 Å². The molecule has 1 aliphatic heterocycles. The van der Waals surface area contributed by atoms with Gasteiger partial charge in [0.1, 0.15) is 0 Å². The summed E-state index contributed by atoms with van der Waals surface area (Å²) in [6, 6.07) is 21.1. The number of hydrogen-bond acceptors (Lipinski definition) is 7. The van der Waals surface area contributed by atoms with Crippen LogP contribution < -0.4 is 5.32 Å². The van der Waals surface area contributed by atoms with Crippen LogP contribution >= 0.6 is 0 Å². The minimum Gasteiger partial charge on any atom is -0.323 e. The number of rotatable bonds is 6. The van der Waals surface area contributed by atoms with E-state index in [0.29, 0.717) is 11.6 Å². The van der Waals surface area contributed by atoms with Crippen LogP contribution in [0.2, 0.25) is 0 Å². The van der Waals surface area contributed by atoms with E-state index in [1.165, 1.54) is 11.8 Å². The van der Waals surface area contributed by atoms with Gasteiger partial charge in [-0.25, -0.2) is 12.9 Å². The van der Waals surface area contributed by atoms with E-state index in [1.807, 2.05) is 18.3 Å². The number of fused-ring (bicyclic) bond motifs is 1. The molecule has 0 aliphatic carbocycles. The Morgan fingerprint density at radius 1 is 1.09 bits per heavy atom. The van der Waals surface area contributed by atoms with E-state index in [2.05, 4.69) is 50.6 Å². The lowest BCUT2D eigenvalue weighted by Gasteiger charge is -2.35. The molecule has 0 spiro atoms. The second kappa shape index (κ2) is 8.31. The van der Waals surface area contributed by atoms with Crippen LogP contribution in [0, 0.1) is 17.2 Å². The monoisotopic (exact) mass is 458 g/mol. The summed E-state index contributed by atoms with van der Waals surface area (Å²) >= 11 is 0. The van der Waals surface area contributed by atoms with E-state index in [0.717, 1.165) is 36.4 Å². The molecule has 1 fully saturated rings. The van der Waals surface area contributed by atoms with Crippen LogP contribution in [0.25, 0.3) is 16.8 Å². The maximum atomic E-state index is 11.6. The summed E-state index contributed by atoms with van der Waals surface area (Å²) in [6.07, 6.45) is 3.02. The van der Waals surface area contributed by atoms with Crippen molar-refractivity contribution in [1.82, 2.24) is 19.5 Å². The second-order valence-corrected chi connectivity index (χ2v) is 10.3. The lowest BCUT2D eigenvalue weighted by atomic mass is 10.00. The summed E-state index contributed by atoms with van der Waals surface area (Å²) in [7, 11) is -3.24. The molecule has 9 heteroatoms. The van der Waals surface area contributed by atoms with Crippen molar-refractivity contribution < 1.29 is 8.42 Å². The molecule has 1 saturated heterocycles. The SMILES string of the molecule is CS(=O)(=O)c1ccc(Nc2nc3c(-c4ccc(CN5CC(C#N)C5)cc4)cccn3n2)cc1. The Kier molecular flexibility index (Phi) is 5.32. The fraction of sp³-hybridized carbons (Fsp3) is 0.208. The molecule has 0 unspecified atom stereocenters. The number of sulfone groups is 1. The molecule has 8 nitrogen and oxygen atoms in total. The maximum Gasteiger partial charge on any atom is 0.247 e. The molecule has 0 amide bonds. The molecule has 0 bridgehead atoms. The highest BCUT2D eigenvalue weighted by Gasteiger charge is 2.25. The average molecular weight is 459 g/mol. The first-order chi connectivity index (χ1) is 15.9. The van der Waals surface area contributed by atoms with Gasteiger partial charge >= 0.3 is 0 Å². The topological polar surface area (TPSA) is 103 Å². The van der Waals surface area contributed by atoms with Gasteiger partial charge in [0.2, 0.25) is 5.95 Å². The number of nitrogens with zero attached hydrogens (tertiary/aromatic N) is 5. The number of pyridine rings is 1. The van der Waals surface area contributed by atoms with Crippen molar-refractivity contribution in [2.24, 2.45) is 5.92 Å². The number of nitriles is 1. The van der Waals surface area contributed by atoms with Crippen molar-refractivity contribution in [1.29, 1.82) is 5.26 Å². The Bertz CT molecular complexity index is 1450. The number of aromatic nitrogens is 3. The molecule has 2 aromatic carbocycles. The van der Waals surface area contributed by atoms with Gasteiger partial charge in [0, 0.05) is 43.3 Å². The Morgan fingerprint density at radius 2 is 1.82 bits per heavy atom. The quantitative estimate of drug-likeness (QED) is 0.472. The van der Waals surface area contributed by atoms with E-state index < -0.39 is 9.84 Å². The first-order valence-electron chi connectivity index (χ1n) is 10.5.